The molecular formula is C16H16N2O. The third-order valence-corrected chi connectivity index (χ3v) is 2.69. The Kier molecular flexibility index (Phi) is 4.87. The van der Waals surface area contributed by atoms with Gasteiger partial charge in [0.25, 0.3) is 0 Å². The molecular weight excluding hydrogens is 236 g/mol. The SMILES string of the molecule is Oc1ccccc1C=NN=CCCc1ccccc1. The normalized spacial score (nSPS) is 11.4. The van der Waals surface area contributed by atoms with Gasteiger partial charge in [0.1, 0.15) is 5.75 Å². The van der Waals surface area contributed by atoms with Crippen molar-refractivity contribution in [3.63, 3.8) is 0 Å². The highest BCUT2D eigenvalue weighted by Crippen LogP contribution is 2.12. The third kappa shape index (κ3) is 4.39. The van der Waals surface area contributed by atoms with Crippen LogP contribution in [-0.4, -0.2) is 17.5 Å². The van der Waals surface area contributed by atoms with Gasteiger partial charge in [-0.25, -0.2) is 0 Å². The molecule has 0 fully saturated rings. The largest absolute Gasteiger partial charge is 0.507 e. The minimum Gasteiger partial charge on any atom is -0.507 e. The summed E-state index contributed by atoms with van der Waals surface area (Å²) in [7, 11) is 0. The number of benzene rings is 2. The van der Waals surface area contributed by atoms with Gasteiger partial charge in [-0.1, -0.05) is 42.5 Å². The average Bonchev–Trinajstić information content (AvgIpc) is 2.45. The van der Waals surface area contributed by atoms with Crippen molar-refractivity contribution >= 4 is 12.4 Å². The van der Waals surface area contributed by atoms with Crippen molar-refractivity contribution in [3.8, 4) is 5.75 Å². The number of aromatic hydroxyl groups is 1. The molecule has 0 spiro atoms. The van der Waals surface area contributed by atoms with Gasteiger partial charge in [0.15, 0.2) is 0 Å². The predicted octanol–water partition coefficient (Wildman–Crippen LogP) is 3.43. The molecule has 0 aliphatic carbocycles. The minimum absolute atomic E-state index is 0.214. The number of rotatable bonds is 5. The molecule has 0 atom stereocenters. The zero-order valence-corrected chi connectivity index (χ0v) is 10.6. The Morgan fingerprint density at radius 2 is 1.63 bits per heavy atom. The monoisotopic (exact) mass is 252 g/mol. The maximum Gasteiger partial charge on any atom is 0.124 e. The van der Waals surface area contributed by atoms with Crippen LogP contribution in [0.3, 0.4) is 0 Å². The summed E-state index contributed by atoms with van der Waals surface area (Å²) < 4.78 is 0. The summed E-state index contributed by atoms with van der Waals surface area (Å²) in [6.07, 6.45) is 5.14. The Balaban J connectivity index is 1.79. The van der Waals surface area contributed by atoms with Gasteiger partial charge in [0.2, 0.25) is 0 Å². The lowest BCUT2D eigenvalue weighted by Crippen LogP contribution is -1.85. The average molecular weight is 252 g/mol. The molecule has 0 aromatic heterocycles. The summed E-state index contributed by atoms with van der Waals surface area (Å²) in [6.45, 7) is 0. The Bertz CT molecular complexity index is 562. The Morgan fingerprint density at radius 1 is 0.895 bits per heavy atom. The minimum atomic E-state index is 0.214. The van der Waals surface area contributed by atoms with Gasteiger partial charge in [-0.3, -0.25) is 0 Å². The first-order valence-electron chi connectivity index (χ1n) is 6.23. The lowest BCUT2D eigenvalue weighted by Gasteiger charge is -1.95. The molecule has 2 aromatic carbocycles. The van der Waals surface area contributed by atoms with Gasteiger partial charge in [0.05, 0.1) is 6.21 Å². The summed E-state index contributed by atoms with van der Waals surface area (Å²) in [6, 6.07) is 17.3. The molecule has 0 saturated heterocycles. The number of hydrogen-bond donors (Lipinski definition) is 1. The molecule has 3 heteroatoms. The molecule has 0 unspecified atom stereocenters. The lowest BCUT2D eigenvalue weighted by molar-refractivity contribution is 0.474. The highest BCUT2D eigenvalue weighted by Gasteiger charge is 1.93. The third-order valence-electron chi connectivity index (χ3n) is 2.69. The summed E-state index contributed by atoms with van der Waals surface area (Å²) in [5, 5.41) is 17.4. The quantitative estimate of drug-likeness (QED) is 0.643. The standard InChI is InChI=1S/C16H16N2O/c19-16-11-5-4-10-15(16)13-18-17-12-6-9-14-7-2-1-3-8-14/h1-5,7-8,10-13,19H,6,9H2. The second-order valence-corrected chi connectivity index (χ2v) is 4.13. The van der Waals surface area contributed by atoms with Crippen LogP contribution in [0.25, 0.3) is 0 Å². The first kappa shape index (κ1) is 13.0. The Morgan fingerprint density at radius 3 is 2.42 bits per heavy atom. The molecule has 1 N–H and O–H groups in total. The van der Waals surface area contributed by atoms with Gasteiger partial charge in [-0.05, 0) is 30.5 Å². The van der Waals surface area contributed by atoms with Gasteiger partial charge < -0.3 is 5.11 Å². The van der Waals surface area contributed by atoms with E-state index in [1.54, 1.807) is 30.6 Å². The van der Waals surface area contributed by atoms with Gasteiger partial charge in [-0.15, -0.1) is 0 Å². The van der Waals surface area contributed by atoms with E-state index in [1.807, 2.05) is 24.3 Å². The van der Waals surface area contributed by atoms with E-state index in [2.05, 4.69) is 22.3 Å². The van der Waals surface area contributed by atoms with E-state index in [-0.39, 0.29) is 5.75 Å². The molecule has 0 heterocycles. The van der Waals surface area contributed by atoms with Crippen LogP contribution in [0.1, 0.15) is 17.5 Å². The molecule has 0 aliphatic rings. The molecule has 2 aromatic rings. The summed E-state index contributed by atoms with van der Waals surface area (Å²) in [5.41, 5.74) is 1.96. The number of phenolic OH excluding ortho intramolecular Hbond substituents is 1. The molecule has 0 saturated carbocycles. The number of phenols is 1. The molecule has 0 aliphatic heterocycles. The van der Waals surface area contributed by atoms with Crippen LogP contribution in [0.2, 0.25) is 0 Å². The highest BCUT2D eigenvalue weighted by atomic mass is 16.3. The number of para-hydroxylation sites is 1. The first-order valence-corrected chi connectivity index (χ1v) is 6.23. The maximum atomic E-state index is 9.52. The second-order valence-electron chi connectivity index (χ2n) is 4.13. The zero-order valence-electron chi connectivity index (χ0n) is 10.6. The van der Waals surface area contributed by atoms with E-state index in [1.165, 1.54) is 5.56 Å². The number of hydrogen-bond acceptors (Lipinski definition) is 3. The van der Waals surface area contributed by atoms with Crippen LogP contribution >= 0.6 is 0 Å². The highest BCUT2D eigenvalue weighted by molar-refractivity contribution is 5.83. The molecule has 96 valence electrons. The fourth-order valence-electron chi connectivity index (χ4n) is 1.67. The van der Waals surface area contributed by atoms with Crippen molar-refractivity contribution < 1.29 is 5.11 Å². The first-order chi connectivity index (χ1) is 9.36. The van der Waals surface area contributed by atoms with Gasteiger partial charge in [0, 0.05) is 11.8 Å². The molecule has 0 radical (unpaired) electrons. The van der Waals surface area contributed by atoms with E-state index < -0.39 is 0 Å². The summed E-state index contributed by atoms with van der Waals surface area (Å²) >= 11 is 0. The predicted molar refractivity (Wildman–Crippen MR) is 79.0 cm³/mol. The van der Waals surface area contributed by atoms with Gasteiger partial charge in [-0.2, -0.15) is 10.2 Å². The van der Waals surface area contributed by atoms with Crippen LogP contribution in [0.4, 0.5) is 0 Å². The van der Waals surface area contributed by atoms with Crippen LogP contribution < -0.4 is 0 Å². The fraction of sp³-hybridized carbons (Fsp3) is 0.125. The van der Waals surface area contributed by atoms with Crippen molar-refractivity contribution in [2.24, 2.45) is 10.2 Å². The number of aryl methyl sites for hydroxylation is 1. The molecule has 3 nitrogen and oxygen atoms in total. The maximum absolute atomic E-state index is 9.52. The molecule has 2 rings (SSSR count). The molecule has 0 amide bonds. The van der Waals surface area contributed by atoms with Crippen molar-refractivity contribution in [3.05, 3.63) is 65.7 Å². The van der Waals surface area contributed by atoms with E-state index in [9.17, 15) is 5.11 Å². The van der Waals surface area contributed by atoms with E-state index in [4.69, 9.17) is 0 Å². The van der Waals surface area contributed by atoms with E-state index in [0.29, 0.717) is 5.56 Å². The molecule has 19 heavy (non-hydrogen) atoms. The van der Waals surface area contributed by atoms with Crippen LogP contribution in [0.5, 0.6) is 5.75 Å². The van der Waals surface area contributed by atoms with Crippen molar-refractivity contribution in [1.29, 1.82) is 0 Å². The molecule has 0 bridgehead atoms. The van der Waals surface area contributed by atoms with Gasteiger partial charge >= 0.3 is 0 Å². The Labute approximate surface area is 113 Å². The zero-order chi connectivity index (χ0) is 13.3. The Hall–Kier alpha value is -2.42. The van der Waals surface area contributed by atoms with Crippen molar-refractivity contribution in [2.75, 3.05) is 0 Å². The lowest BCUT2D eigenvalue weighted by atomic mass is 10.1. The van der Waals surface area contributed by atoms with E-state index in [0.717, 1.165) is 12.8 Å². The van der Waals surface area contributed by atoms with Crippen molar-refractivity contribution in [2.45, 2.75) is 12.8 Å². The summed E-state index contributed by atoms with van der Waals surface area (Å²) in [4.78, 5) is 0. The van der Waals surface area contributed by atoms with Crippen LogP contribution in [-0.2, 0) is 6.42 Å². The summed E-state index contributed by atoms with van der Waals surface area (Å²) in [5.74, 6) is 0.214. The van der Waals surface area contributed by atoms with Crippen LogP contribution in [0, 0.1) is 0 Å². The fourth-order valence-corrected chi connectivity index (χ4v) is 1.67. The second kappa shape index (κ2) is 7.11. The van der Waals surface area contributed by atoms with E-state index >= 15 is 0 Å². The topological polar surface area (TPSA) is 45.0 Å². The van der Waals surface area contributed by atoms with Crippen molar-refractivity contribution in [1.82, 2.24) is 0 Å². The number of nitrogens with zero attached hydrogens (tertiary/aromatic N) is 2. The smallest absolute Gasteiger partial charge is 0.124 e. The van der Waals surface area contributed by atoms with Crippen LogP contribution in [0.15, 0.2) is 64.8 Å².